The number of hydroxylamine groups is 1. The van der Waals surface area contributed by atoms with Crippen molar-refractivity contribution in [1.82, 2.24) is 5.48 Å². The van der Waals surface area contributed by atoms with Crippen LogP contribution in [0.25, 0.3) is 0 Å². The highest BCUT2D eigenvalue weighted by Crippen LogP contribution is 2.37. The largest absolute Gasteiger partial charge is 0.316 e. The lowest BCUT2D eigenvalue weighted by Crippen LogP contribution is -2.39. The van der Waals surface area contributed by atoms with Crippen molar-refractivity contribution in [3.05, 3.63) is 0 Å². The maximum Gasteiger partial charge on any atom is 0.168 e. The van der Waals surface area contributed by atoms with Crippen molar-refractivity contribution in [2.24, 2.45) is 11.8 Å². The number of nitrogens with one attached hydrogen (secondary N) is 1. The maximum absolute atomic E-state index is 13.8. The topological polar surface area (TPSA) is 49.3 Å². The second-order valence-corrected chi connectivity index (χ2v) is 4.91. The molecule has 0 aromatic rings. The highest BCUT2D eigenvalue weighted by molar-refractivity contribution is 8.00. The van der Waals surface area contributed by atoms with E-state index in [2.05, 4.69) is 0 Å². The fraction of sp³-hybridized carbons (Fsp3) is 0.889. The fourth-order valence-electron chi connectivity index (χ4n) is 2.06. The van der Waals surface area contributed by atoms with Crippen LogP contribution in [-0.4, -0.2) is 34.7 Å². The number of hydrogen-bond acceptors (Lipinski definition) is 4. The molecule has 0 spiro atoms. The van der Waals surface area contributed by atoms with Crippen LogP contribution in [0, 0.1) is 11.8 Å². The fourth-order valence-corrected chi connectivity index (χ4v) is 2.88. The second-order valence-electron chi connectivity index (χ2n) is 3.93. The third-order valence-electron chi connectivity index (χ3n) is 2.79. The van der Waals surface area contributed by atoms with Gasteiger partial charge in [-0.2, -0.15) is 17.2 Å². The zero-order valence-corrected chi connectivity index (χ0v) is 9.34. The van der Waals surface area contributed by atoms with Gasteiger partial charge in [0.1, 0.15) is 6.17 Å². The van der Waals surface area contributed by atoms with Crippen molar-refractivity contribution in [3.8, 4) is 0 Å². The molecular weight excluding hydrogens is 205 g/mol. The predicted octanol–water partition coefficient (Wildman–Crippen LogP) is 1.26. The van der Waals surface area contributed by atoms with Gasteiger partial charge in [0.15, 0.2) is 5.78 Å². The molecule has 3 nitrogen and oxygen atoms in total. The molecule has 0 saturated heterocycles. The van der Waals surface area contributed by atoms with Crippen molar-refractivity contribution in [2.45, 2.75) is 31.3 Å². The lowest BCUT2D eigenvalue weighted by Gasteiger charge is -2.22. The number of rotatable bonds is 3. The Labute approximate surface area is 87.4 Å². The van der Waals surface area contributed by atoms with Gasteiger partial charge in [0.05, 0.1) is 11.3 Å². The molecule has 2 N–H and O–H groups in total. The summed E-state index contributed by atoms with van der Waals surface area (Å²) in [5.74, 6) is -0.619. The number of alkyl halides is 1. The van der Waals surface area contributed by atoms with E-state index in [1.807, 2.05) is 19.3 Å². The van der Waals surface area contributed by atoms with Crippen LogP contribution in [-0.2, 0) is 4.79 Å². The molecule has 0 bridgehead atoms. The van der Waals surface area contributed by atoms with Crippen LogP contribution in [0.15, 0.2) is 0 Å². The first kappa shape index (κ1) is 11.9. The van der Waals surface area contributed by atoms with Crippen LogP contribution in [0.3, 0.4) is 0 Å². The molecule has 0 radical (unpaired) electrons. The first-order valence-corrected chi connectivity index (χ1v) is 5.93. The molecule has 0 aliphatic heterocycles. The van der Waals surface area contributed by atoms with E-state index >= 15 is 0 Å². The molecule has 0 aromatic heterocycles. The number of ketones is 1. The quantitative estimate of drug-likeness (QED) is 0.704. The van der Waals surface area contributed by atoms with Gasteiger partial charge in [-0.25, -0.2) is 4.39 Å². The standard InChI is InChI=1S/C9H16FNO2S/c1-4(2)5-6(10)9(14-3)8(12)7(5)11-13/h4-7,9,11,13H,1-3H3. The summed E-state index contributed by atoms with van der Waals surface area (Å²) in [5.41, 5.74) is 1.94. The van der Waals surface area contributed by atoms with Crippen molar-refractivity contribution >= 4 is 17.5 Å². The average molecular weight is 221 g/mol. The van der Waals surface area contributed by atoms with Crippen LogP contribution < -0.4 is 5.48 Å². The molecule has 0 aromatic carbocycles. The summed E-state index contributed by atoms with van der Waals surface area (Å²) < 4.78 is 13.8. The summed E-state index contributed by atoms with van der Waals surface area (Å²) >= 11 is 1.21. The number of halogens is 1. The third-order valence-corrected chi connectivity index (χ3v) is 3.79. The normalized spacial score (nSPS) is 38.3. The Morgan fingerprint density at radius 2 is 2.14 bits per heavy atom. The van der Waals surface area contributed by atoms with Crippen molar-refractivity contribution in [1.29, 1.82) is 0 Å². The molecule has 1 rings (SSSR count). The zero-order valence-electron chi connectivity index (χ0n) is 8.53. The SMILES string of the molecule is CSC1C(=O)C(NO)C(C(C)C)C1F. The Kier molecular flexibility index (Phi) is 3.92. The van der Waals surface area contributed by atoms with Gasteiger partial charge in [-0.05, 0) is 12.2 Å². The van der Waals surface area contributed by atoms with Gasteiger partial charge < -0.3 is 5.21 Å². The number of carbonyl (C=O) groups excluding carboxylic acids is 1. The highest BCUT2D eigenvalue weighted by Gasteiger charge is 2.51. The van der Waals surface area contributed by atoms with Crippen LogP contribution in [0.5, 0.6) is 0 Å². The molecule has 0 heterocycles. The Morgan fingerprint density at radius 3 is 2.43 bits per heavy atom. The Morgan fingerprint density at radius 1 is 1.57 bits per heavy atom. The van der Waals surface area contributed by atoms with E-state index in [-0.39, 0.29) is 11.7 Å². The smallest absolute Gasteiger partial charge is 0.168 e. The van der Waals surface area contributed by atoms with Crippen molar-refractivity contribution in [3.63, 3.8) is 0 Å². The second kappa shape index (κ2) is 4.59. The van der Waals surface area contributed by atoms with Crippen LogP contribution in [0.4, 0.5) is 4.39 Å². The summed E-state index contributed by atoms with van der Waals surface area (Å²) in [5, 5.41) is 8.21. The Bertz CT molecular complexity index is 225. The van der Waals surface area contributed by atoms with E-state index in [0.29, 0.717) is 0 Å². The summed E-state index contributed by atoms with van der Waals surface area (Å²) in [6.07, 6.45) is 0.550. The lowest BCUT2D eigenvalue weighted by atomic mass is 9.90. The molecule has 82 valence electrons. The summed E-state index contributed by atoms with van der Waals surface area (Å²) in [4.78, 5) is 11.6. The van der Waals surface area contributed by atoms with E-state index in [4.69, 9.17) is 5.21 Å². The van der Waals surface area contributed by atoms with Gasteiger partial charge in [0, 0.05) is 5.92 Å². The molecular formula is C9H16FNO2S. The van der Waals surface area contributed by atoms with E-state index < -0.39 is 23.4 Å². The van der Waals surface area contributed by atoms with Gasteiger partial charge in [-0.1, -0.05) is 13.8 Å². The van der Waals surface area contributed by atoms with Gasteiger partial charge in [-0.15, -0.1) is 0 Å². The first-order valence-electron chi connectivity index (χ1n) is 4.64. The van der Waals surface area contributed by atoms with Crippen LogP contribution >= 0.6 is 11.8 Å². The molecule has 1 aliphatic carbocycles. The number of hydrogen-bond donors (Lipinski definition) is 2. The van der Waals surface area contributed by atoms with Gasteiger partial charge in [-0.3, -0.25) is 4.79 Å². The minimum atomic E-state index is -1.16. The van der Waals surface area contributed by atoms with Gasteiger partial charge in [0.2, 0.25) is 0 Å². The molecule has 1 aliphatic rings. The van der Waals surface area contributed by atoms with Crippen molar-refractivity contribution < 1.29 is 14.4 Å². The number of Topliss-reactive ketones (excluding diaryl/α,β-unsaturated/α-hetero) is 1. The molecule has 4 atom stereocenters. The van der Waals surface area contributed by atoms with E-state index in [9.17, 15) is 9.18 Å². The molecule has 1 saturated carbocycles. The molecule has 5 heteroatoms. The molecule has 14 heavy (non-hydrogen) atoms. The maximum atomic E-state index is 13.8. The average Bonchev–Trinajstić information content (AvgIpc) is 2.37. The van der Waals surface area contributed by atoms with Crippen LogP contribution in [0.2, 0.25) is 0 Å². The van der Waals surface area contributed by atoms with E-state index in [1.54, 1.807) is 6.26 Å². The first-order chi connectivity index (χ1) is 6.54. The number of thioether (sulfide) groups is 1. The van der Waals surface area contributed by atoms with Crippen LogP contribution in [0.1, 0.15) is 13.8 Å². The zero-order chi connectivity index (χ0) is 10.9. The molecule has 1 fully saturated rings. The molecule has 4 unspecified atom stereocenters. The predicted molar refractivity (Wildman–Crippen MR) is 54.2 cm³/mol. The van der Waals surface area contributed by atoms with E-state index in [1.165, 1.54) is 11.8 Å². The van der Waals surface area contributed by atoms with Gasteiger partial charge >= 0.3 is 0 Å². The minimum Gasteiger partial charge on any atom is -0.316 e. The number of carbonyl (C=O) groups is 1. The lowest BCUT2D eigenvalue weighted by molar-refractivity contribution is -0.121. The summed E-state index contributed by atoms with van der Waals surface area (Å²) in [6, 6.07) is -0.748. The molecule has 0 amide bonds. The van der Waals surface area contributed by atoms with E-state index in [0.717, 1.165) is 0 Å². The highest BCUT2D eigenvalue weighted by atomic mass is 32.2. The summed E-state index contributed by atoms with van der Waals surface area (Å²) in [7, 11) is 0. The third kappa shape index (κ3) is 1.81. The van der Waals surface area contributed by atoms with Crippen molar-refractivity contribution in [2.75, 3.05) is 6.26 Å². The Hall–Kier alpha value is -0.130. The van der Waals surface area contributed by atoms with Gasteiger partial charge in [0.25, 0.3) is 0 Å². The monoisotopic (exact) mass is 221 g/mol. The minimum absolute atomic E-state index is 0.0377. The summed E-state index contributed by atoms with van der Waals surface area (Å²) in [6.45, 7) is 3.72. The Balaban J connectivity index is 2.89.